The molecule has 1 aromatic carbocycles. The van der Waals surface area contributed by atoms with Gasteiger partial charge in [-0.1, -0.05) is 39.0 Å². The maximum Gasteiger partial charge on any atom is 0.125 e. The summed E-state index contributed by atoms with van der Waals surface area (Å²) in [6, 6.07) is 6.21. The van der Waals surface area contributed by atoms with Crippen LogP contribution in [0.3, 0.4) is 0 Å². The topological polar surface area (TPSA) is 35.2 Å². The number of hydrogen-bond acceptors (Lipinski definition) is 2. The van der Waals surface area contributed by atoms with Crippen LogP contribution in [0.15, 0.2) is 18.2 Å². The summed E-state index contributed by atoms with van der Waals surface area (Å²) in [5.74, 6) is 0.974. The lowest BCUT2D eigenvalue weighted by atomic mass is 9.88. The molecule has 0 aliphatic heterocycles. The lowest BCUT2D eigenvalue weighted by Gasteiger charge is -2.27. The van der Waals surface area contributed by atoms with Crippen LogP contribution in [0.5, 0.6) is 5.75 Å². The maximum absolute atomic E-state index is 6.07. The van der Waals surface area contributed by atoms with E-state index in [2.05, 4.69) is 46.8 Å². The normalized spacial score (nSPS) is 13.6. The minimum absolute atomic E-state index is 0.0477. The van der Waals surface area contributed by atoms with Gasteiger partial charge in [-0.25, -0.2) is 0 Å². The summed E-state index contributed by atoms with van der Waals surface area (Å²) >= 11 is 0. The van der Waals surface area contributed by atoms with E-state index in [9.17, 15) is 0 Å². The first-order valence-electron chi connectivity index (χ1n) is 5.77. The zero-order valence-corrected chi connectivity index (χ0v) is 11.0. The molecule has 0 saturated heterocycles. The number of benzene rings is 1. The van der Waals surface area contributed by atoms with Crippen LogP contribution in [-0.2, 0) is 0 Å². The summed E-state index contributed by atoms with van der Waals surface area (Å²) in [5, 5.41) is 0. The fourth-order valence-corrected chi connectivity index (χ4v) is 1.45. The number of nitrogens with two attached hydrogens (primary N) is 1. The van der Waals surface area contributed by atoms with Crippen LogP contribution in [0.25, 0.3) is 0 Å². The molecule has 2 N–H and O–H groups in total. The highest BCUT2D eigenvalue weighted by Gasteiger charge is 2.21. The van der Waals surface area contributed by atoms with Crippen molar-refractivity contribution in [3.05, 3.63) is 29.3 Å². The Morgan fingerprint density at radius 3 is 2.12 bits per heavy atom. The van der Waals surface area contributed by atoms with Gasteiger partial charge in [0.05, 0.1) is 0 Å². The predicted molar refractivity (Wildman–Crippen MR) is 68.8 cm³/mol. The van der Waals surface area contributed by atoms with E-state index in [1.54, 1.807) is 0 Å². The zero-order chi connectivity index (χ0) is 12.3. The Morgan fingerprint density at radius 1 is 1.19 bits per heavy atom. The van der Waals surface area contributed by atoms with E-state index in [1.807, 2.05) is 6.07 Å². The maximum atomic E-state index is 6.07. The van der Waals surface area contributed by atoms with Crippen molar-refractivity contribution in [3.63, 3.8) is 0 Å². The van der Waals surface area contributed by atoms with E-state index in [-0.39, 0.29) is 11.5 Å². The summed E-state index contributed by atoms with van der Waals surface area (Å²) in [6.45, 7) is 11.1. The van der Waals surface area contributed by atoms with Gasteiger partial charge >= 0.3 is 0 Å². The van der Waals surface area contributed by atoms with Crippen LogP contribution in [0, 0.1) is 19.3 Å². The average Bonchev–Trinajstić information content (AvgIpc) is 2.15. The molecule has 2 nitrogen and oxygen atoms in total. The van der Waals surface area contributed by atoms with Gasteiger partial charge in [0.1, 0.15) is 12.4 Å². The van der Waals surface area contributed by atoms with Crippen molar-refractivity contribution in [1.29, 1.82) is 0 Å². The van der Waals surface area contributed by atoms with E-state index in [4.69, 9.17) is 10.5 Å². The fraction of sp³-hybridized carbons (Fsp3) is 0.571. The monoisotopic (exact) mass is 221 g/mol. The highest BCUT2D eigenvalue weighted by Crippen LogP contribution is 2.24. The molecule has 1 atom stereocenters. The number of ether oxygens (including phenoxy) is 1. The van der Waals surface area contributed by atoms with E-state index < -0.39 is 0 Å². The van der Waals surface area contributed by atoms with Gasteiger partial charge in [-0.05, 0) is 30.4 Å². The number of hydrogen-bond donors (Lipinski definition) is 1. The Morgan fingerprint density at radius 2 is 1.69 bits per heavy atom. The molecule has 1 aromatic rings. The highest BCUT2D eigenvalue weighted by atomic mass is 16.5. The molecular weight excluding hydrogens is 198 g/mol. The van der Waals surface area contributed by atoms with Gasteiger partial charge < -0.3 is 10.5 Å². The van der Waals surface area contributed by atoms with Crippen molar-refractivity contribution in [2.75, 3.05) is 6.61 Å². The third-order valence-electron chi connectivity index (χ3n) is 2.93. The molecule has 0 spiro atoms. The van der Waals surface area contributed by atoms with E-state index in [0.29, 0.717) is 6.61 Å². The van der Waals surface area contributed by atoms with Crippen LogP contribution in [0.4, 0.5) is 0 Å². The Bertz CT molecular complexity index is 332. The second kappa shape index (κ2) is 4.88. The highest BCUT2D eigenvalue weighted by molar-refractivity contribution is 5.39. The molecule has 0 aliphatic carbocycles. The van der Waals surface area contributed by atoms with Crippen molar-refractivity contribution in [1.82, 2.24) is 0 Å². The van der Waals surface area contributed by atoms with Crippen molar-refractivity contribution in [2.24, 2.45) is 11.1 Å². The van der Waals surface area contributed by atoms with Crippen LogP contribution >= 0.6 is 0 Å². The first-order valence-corrected chi connectivity index (χ1v) is 5.77. The van der Waals surface area contributed by atoms with Crippen LogP contribution < -0.4 is 10.5 Å². The molecule has 2 heteroatoms. The lowest BCUT2D eigenvalue weighted by molar-refractivity contribution is 0.204. The Kier molecular flexibility index (Phi) is 3.98. The zero-order valence-electron chi connectivity index (χ0n) is 11.0. The van der Waals surface area contributed by atoms with Crippen molar-refractivity contribution >= 4 is 0 Å². The molecule has 0 aromatic heterocycles. The van der Waals surface area contributed by atoms with Gasteiger partial charge in [0, 0.05) is 6.04 Å². The molecule has 0 fully saturated rings. The minimum Gasteiger partial charge on any atom is -0.491 e. The van der Waals surface area contributed by atoms with Gasteiger partial charge in [-0.15, -0.1) is 0 Å². The largest absolute Gasteiger partial charge is 0.491 e. The Labute approximate surface area is 98.8 Å². The minimum atomic E-state index is 0.0477. The van der Waals surface area contributed by atoms with Crippen molar-refractivity contribution < 1.29 is 4.74 Å². The molecule has 0 radical (unpaired) electrons. The second-order valence-electron chi connectivity index (χ2n) is 5.50. The predicted octanol–water partition coefficient (Wildman–Crippen LogP) is 3.06. The fourth-order valence-electron chi connectivity index (χ4n) is 1.45. The molecule has 1 rings (SSSR count). The molecular formula is C14H23NO. The molecule has 90 valence electrons. The van der Waals surface area contributed by atoms with Crippen LogP contribution in [0.1, 0.15) is 31.9 Å². The quantitative estimate of drug-likeness (QED) is 0.851. The number of rotatable bonds is 3. The first kappa shape index (κ1) is 13.0. The van der Waals surface area contributed by atoms with Gasteiger partial charge in [0.25, 0.3) is 0 Å². The first-order chi connectivity index (χ1) is 7.32. The number of aryl methyl sites for hydroxylation is 2. The van der Waals surface area contributed by atoms with Gasteiger partial charge in [-0.2, -0.15) is 0 Å². The average molecular weight is 221 g/mol. The summed E-state index contributed by atoms with van der Waals surface area (Å²) in [7, 11) is 0. The SMILES string of the molecule is Cc1cccc(C)c1OC[C@H](N)C(C)(C)C. The van der Waals surface area contributed by atoms with Gasteiger partial charge in [-0.3, -0.25) is 0 Å². The van der Waals surface area contributed by atoms with Gasteiger partial charge in [0.2, 0.25) is 0 Å². The molecule has 0 aliphatic rings. The smallest absolute Gasteiger partial charge is 0.125 e. The van der Waals surface area contributed by atoms with Crippen molar-refractivity contribution in [3.8, 4) is 5.75 Å². The lowest BCUT2D eigenvalue weighted by Crippen LogP contribution is -2.40. The Balaban J connectivity index is 2.69. The molecule has 0 saturated carbocycles. The van der Waals surface area contributed by atoms with E-state index in [1.165, 1.54) is 11.1 Å². The van der Waals surface area contributed by atoms with Crippen LogP contribution in [-0.4, -0.2) is 12.6 Å². The molecule has 0 heterocycles. The standard InChI is InChI=1S/C14H23NO/c1-10-7-6-8-11(2)13(10)16-9-12(15)14(3,4)5/h6-8,12H,9,15H2,1-5H3/t12-/m0/s1. The second-order valence-corrected chi connectivity index (χ2v) is 5.50. The molecule has 0 amide bonds. The van der Waals surface area contributed by atoms with E-state index >= 15 is 0 Å². The summed E-state index contributed by atoms with van der Waals surface area (Å²) < 4.78 is 5.83. The Hall–Kier alpha value is -1.02. The summed E-state index contributed by atoms with van der Waals surface area (Å²) in [6.07, 6.45) is 0. The van der Waals surface area contributed by atoms with Crippen molar-refractivity contribution in [2.45, 2.75) is 40.7 Å². The molecule has 0 unspecified atom stereocenters. The molecule has 16 heavy (non-hydrogen) atoms. The summed E-state index contributed by atoms with van der Waals surface area (Å²) in [5.41, 5.74) is 8.49. The third kappa shape index (κ3) is 3.24. The molecule has 0 bridgehead atoms. The summed E-state index contributed by atoms with van der Waals surface area (Å²) in [4.78, 5) is 0. The van der Waals surface area contributed by atoms with Crippen LogP contribution in [0.2, 0.25) is 0 Å². The number of para-hydroxylation sites is 1. The van der Waals surface area contributed by atoms with Gasteiger partial charge in [0.15, 0.2) is 0 Å². The third-order valence-corrected chi connectivity index (χ3v) is 2.93. The van der Waals surface area contributed by atoms with E-state index in [0.717, 1.165) is 5.75 Å².